The first-order valence-corrected chi connectivity index (χ1v) is 9.36. The van der Waals surface area contributed by atoms with E-state index in [4.69, 9.17) is 0 Å². The lowest BCUT2D eigenvalue weighted by molar-refractivity contribution is -0.143. The van der Waals surface area contributed by atoms with Crippen molar-refractivity contribution in [3.8, 4) is 0 Å². The number of likely N-dealkylation sites (N-methyl/N-ethyl adjacent to an activating group) is 1. The SMILES string of the molecule is CC(=O)N1CSCC1C(=O)N(C)C1CCN(c2cnccn2)CC1. The number of amides is 2. The Morgan fingerprint density at radius 1 is 1.29 bits per heavy atom. The van der Waals surface area contributed by atoms with Crippen molar-refractivity contribution in [3.05, 3.63) is 18.6 Å². The molecule has 3 rings (SSSR count). The molecule has 0 saturated carbocycles. The van der Waals surface area contributed by atoms with Crippen molar-refractivity contribution in [1.82, 2.24) is 19.8 Å². The lowest BCUT2D eigenvalue weighted by atomic mass is 10.0. The summed E-state index contributed by atoms with van der Waals surface area (Å²) in [5.74, 6) is 2.24. The van der Waals surface area contributed by atoms with Gasteiger partial charge in [0.25, 0.3) is 0 Å². The molecule has 1 aromatic rings. The molecule has 1 unspecified atom stereocenters. The third-order valence-corrected chi connectivity index (χ3v) is 5.82. The van der Waals surface area contributed by atoms with Crippen LogP contribution in [0.4, 0.5) is 5.82 Å². The van der Waals surface area contributed by atoms with Gasteiger partial charge in [0.15, 0.2) is 0 Å². The molecular weight excluding hydrogens is 326 g/mol. The number of anilines is 1. The van der Waals surface area contributed by atoms with E-state index in [0.29, 0.717) is 11.6 Å². The zero-order valence-corrected chi connectivity index (χ0v) is 14.9. The van der Waals surface area contributed by atoms with Crippen molar-refractivity contribution in [3.63, 3.8) is 0 Å². The van der Waals surface area contributed by atoms with Gasteiger partial charge in [-0.25, -0.2) is 4.98 Å². The number of carbonyl (C=O) groups is 2. The molecule has 2 fully saturated rings. The first-order chi connectivity index (χ1) is 11.6. The van der Waals surface area contributed by atoms with E-state index >= 15 is 0 Å². The van der Waals surface area contributed by atoms with Crippen LogP contribution in [-0.4, -0.2) is 75.4 Å². The molecule has 24 heavy (non-hydrogen) atoms. The Bertz CT molecular complexity index is 591. The monoisotopic (exact) mass is 349 g/mol. The number of carbonyl (C=O) groups excluding carboxylic acids is 2. The van der Waals surface area contributed by atoms with E-state index in [0.717, 1.165) is 31.7 Å². The van der Waals surface area contributed by atoms with Crippen molar-refractivity contribution >= 4 is 29.4 Å². The number of hydrogen-bond acceptors (Lipinski definition) is 6. The molecule has 0 aromatic carbocycles. The van der Waals surface area contributed by atoms with Gasteiger partial charge in [0.05, 0.1) is 12.1 Å². The van der Waals surface area contributed by atoms with Crippen LogP contribution >= 0.6 is 11.8 Å². The Morgan fingerprint density at radius 3 is 2.67 bits per heavy atom. The summed E-state index contributed by atoms with van der Waals surface area (Å²) in [6.45, 7) is 3.25. The minimum Gasteiger partial charge on any atom is -0.355 e. The number of nitrogens with zero attached hydrogens (tertiary/aromatic N) is 5. The summed E-state index contributed by atoms with van der Waals surface area (Å²) in [5.41, 5.74) is 0. The molecule has 2 amide bonds. The fraction of sp³-hybridized carbons (Fsp3) is 0.625. The Balaban J connectivity index is 1.58. The van der Waals surface area contributed by atoms with Crippen molar-refractivity contribution < 1.29 is 9.59 Å². The summed E-state index contributed by atoms with van der Waals surface area (Å²) in [6, 6.07) is -0.0969. The molecule has 0 radical (unpaired) electrons. The number of rotatable bonds is 3. The van der Waals surface area contributed by atoms with E-state index in [9.17, 15) is 9.59 Å². The minimum atomic E-state index is -0.310. The molecule has 2 aliphatic heterocycles. The summed E-state index contributed by atoms with van der Waals surface area (Å²) in [7, 11) is 1.87. The molecule has 1 atom stereocenters. The fourth-order valence-corrected chi connectivity index (χ4v) is 4.52. The molecule has 7 nitrogen and oxygen atoms in total. The fourth-order valence-electron chi connectivity index (χ4n) is 3.31. The van der Waals surface area contributed by atoms with Crippen LogP contribution in [0.1, 0.15) is 19.8 Å². The summed E-state index contributed by atoms with van der Waals surface area (Å²) in [5, 5.41) is 0. The number of aromatic nitrogens is 2. The van der Waals surface area contributed by atoms with Gasteiger partial charge in [-0.1, -0.05) is 0 Å². The Hall–Kier alpha value is -1.83. The summed E-state index contributed by atoms with van der Waals surface area (Å²) in [4.78, 5) is 38.7. The van der Waals surface area contributed by atoms with E-state index in [1.165, 1.54) is 6.92 Å². The van der Waals surface area contributed by atoms with Crippen molar-refractivity contribution in [1.29, 1.82) is 0 Å². The van der Waals surface area contributed by atoms with Crippen LogP contribution in [0.5, 0.6) is 0 Å². The van der Waals surface area contributed by atoms with Gasteiger partial charge in [0.2, 0.25) is 11.8 Å². The number of piperidine rings is 1. The van der Waals surface area contributed by atoms with Crippen molar-refractivity contribution in [2.75, 3.05) is 36.7 Å². The highest BCUT2D eigenvalue weighted by atomic mass is 32.2. The van der Waals surface area contributed by atoms with E-state index in [1.54, 1.807) is 35.3 Å². The highest BCUT2D eigenvalue weighted by Crippen LogP contribution is 2.25. The molecule has 1 aromatic heterocycles. The standard InChI is InChI=1S/C16H23N5O2S/c1-12(22)21-11-24-10-14(21)16(23)19(2)13-3-7-20(8-4-13)15-9-17-5-6-18-15/h5-6,9,13-14H,3-4,7-8,10-11H2,1-2H3. The van der Waals surface area contributed by atoms with E-state index in [1.807, 2.05) is 11.9 Å². The van der Waals surface area contributed by atoms with Crippen LogP contribution < -0.4 is 4.90 Å². The van der Waals surface area contributed by atoms with Crippen LogP contribution in [0.3, 0.4) is 0 Å². The smallest absolute Gasteiger partial charge is 0.246 e. The predicted octanol–water partition coefficient (Wildman–Crippen LogP) is 0.825. The largest absolute Gasteiger partial charge is 0.355 e. The third-order valence-electron chi connectivity index (χ3n) is 4.81. The topological polar surface area (TPSA) is 69.6 Å². The van der Waals surface area contributed by atoms with Crippen molar-refractivity contribution in [2.24, 2.45) is 0 Å². The predicted molar refractivity (Wildman–Crippen MR) is 93.7 cm³/mol. The van der Waals surface area contributed by atoms with Crippen LogP contribution in [0, 0.1) is 0 Å². The molecule has 8 heteroatoms. The van der Waals surface area contributed by atoms with Crippen molar-refractivity contribution in [2.45, 2.75) is 31.8 Å². The van der Waals surface area contributed by atoms with Gasteiger partial charge in [-0.15, -0.1) is 11.8 Å². The maximum atomic E-state index is 12.8. The molecule has 2 saturated heterocycles. The second-order valence-electron chi connectivity index (χ2n) is 6.24. The van der Waals surface area contributed by atoms with Gasteiger partial charge in [0, 0.05) is 51.2 Å². The summed E-state index contributed by atoms with van der Waals surface area (Å²) < 4.78 is 0. The molecule has 0 spiro atoms. The summed E-state index contributed by atoms with van der Waals surface area (Å²) in [6.07, 6.45) is 6.95. The normalized spacial score (nSPS) is 21.8. The van der Waals surface area contributed by atoms with Gasteiger partial charge < -0.3 is 14.7 Å². The van der Waals surface area contributed by atoms with Gasteiger partial charge in [-0.3, -0.25) is 14.6 Å². The van der Waals surface area contributed by atoms with Crippen LogP contribution in [-0.2, 0) is 9.59 Å². The van der Waals surface area contributed by atoms with Gasteiger partial charge in [-0.05, 0) is 12.8 Å². The second-order valence-corrected chi connectivity index (χ2v) is 7.24. The molecular formula is C16H23N5O2S. The maximum absolute atomic E-state index is 12.8. The number of thioether (sulfide) groups is 1. The first-order valence-electron chi connectivity index (χ1n) is 8.20. The van der Waals surface area contributed by atoms with Gasteiger partial charge in [-0.2, -0.15) is 0 Å². The average Bonchev–Trinajstić information content (AvgIpc) is 3.11. The van der Waals surface area contributed by atoms with Gasteiger partial charge >= 0.3 is 0 Å². The van der Waals surface area contributed by atoms with E-state index in [-0.39, 0.29) is 23.9 Å². The molecule has 130 valence electrons. The Labute approximate surface area is 146 Å². The third kappa shape index (κ3) is 3.48. The lowest BCUT2D eigenvalue weighted by Gasteiger charge is -2.38. The molecule has 2 aliphatic rings. The van der Waals surface area contributed by atoms with E-state index in [2.05, 4.69) is 14.9 Å². The maximum Gasteiger partial charge on any atom is 0.246 e. The minimum absolute atomic E-state index is 0.0239. The first kappa shape index (κ1) is 17.0. The summed E-state index contributed by atoms with van der Waals surface area (Å²) >= 11 is 1.64. The molecule has 0 bridgehead atoms. The van der Waals surface area contributed by atoms with Crippen LogP contribution in [0.2, 0.25) is 0 Å². The average molecular weight is 349 g/mol. The van der Waals surface area contributed by atoms with Crippen LogP contribution in [0.25, 0.3) is 0 Å². The van der Waals surface area contributed by atoms with E-state index < -0.39 is 0 Å². The van der Waals surface area contributed by atoms with Gasteiger partial charge in [0.1, 0.15) is 11.9 Å². The number of hydrogen-bond donors (Lipinski definition) is 0. The molecule has 0 aliphatic carbocycles. The zero-order chi connectivity index (χ0) is 17.1. The molecule has 0 N–H and O–H groups in total. The molecule has 3 heterocycles. The lowest BCUT2D eigenvalue weighted by Crippen LogP contribution is -2.52. The zero-order valence-electron chi connectivity index (χ0n) is 14.1. The van der Waals surface area contributed by atoms with Crippen LogP contribution in [0.15, 0.2) is 18.6 Å². The second kappa shape index (κ2) is 7.38. The Morgan fingerprint density at radius 2 is 2.04 bits per heavy atom. The highest BCUT2D eigenvalue weighted by Gasteiger charge is 2.37. The highest BCUT2D eigenvalue weighted by molar-refractivity contribution is 7.99. The quantitative estimate of drug-likeness (QED) is 0.805. The Kier molecular flexibility index (Phi) is 5.23.